The van der Waals surface area contributed by atoms with E-state index < -0.39 is 0 Å². The molecule has 1 N–H and O–H groups in total. The smallest absolute Gasteiger partial charge is 0.274 e. The summed E-state index contributed by atoms with van der Waals surface area (Å²) < 4.78 is 0. The lowest BCUT2D eigenvalue weighted by Crippen LogP contribution is -2.47. The molecule has 1 aromatic carbocycles. The Labute approximate surface area is 128 Å². The third-order valence-corrected chi connectivity index (χ3v) is 3.95. The van der Waals surface area contributed by atoms with Crippen molar-refractivity contribution < 1.29 is 9.63 Å². The zero-order valence-corrected chi connectivity index (χ0v) is 12.2. The second kappa shape index (κ2) is 4.92. The maximum atomic E-state index is 12.2. The van der Waals surface area contributed by atoms with E-state index in [1.807, 2.05) is 35.3 Å². The molecule has 0 aromatic heterocycles. The van der Waals surface area contributed by atoms with Crippen molar-refractivity contribution in [3.05, 3.63) is 65.9 Å². The summed E-state index contributed by atoms with van der Waals surface area (Å²) in [4.78, 5) is 21.7. The van der Waals surface area contributed by atoms with Crippen LogP contribution in [0.2, 0.25) is 0 Å². The fraction of sp³-hybridized carbons (Fsp3) is 0.188. The van der Waals surface area contributed by atoms with Crippen LogP contribution in [0.25, 0.3) is 0 Å². The topological polar surface area (TPSA) is 48.1 Å². The summed E-state index contributed by atoms with van der Waals surface area (Å²) in [6.07, 6.45) is 5.73. The van der Waals surface area contributed by atoms with Crippen LogP contribution in [0, 0.1) is 0 Å². The van der Waals surface area contributed by atoms with Crippen LogP contribution in [0.5, 0.6) is 0 Å². The lowest BCUT2D eigenvalue weighted by atomic mass is 10.1. The molecule has 0 saturated carbocycles. The van der Waals surface area contributed by atoms with E-state index in [0.29, 0.717) is 12.4 Å². The Bertz CT molecular complexity index is 708. The lowest BCUT2D eigenvalue weighted by Gasteiger charge is -2.39. The Morgan fingerprint density at radius 1 is 1.18 bits per heavy atom. The number of anilines is 1. The van der Waals surface area contributed by atoms with Gasteiger partial charge in [-0.15, -0.1) is 0 Å². The standard InChI is InChI=1S/C16H16N4O2/c1-22-18-10-14-15(21)17-13-8-5-9-19(16(13)20(14)11-18)12-6-3-2-4-7-12/h2-8,10H,9,11H2,1H3,(H,17,21). The SMILES string of the molecule is CON1C=C2C(=O)NC3=C(N2C1)N(c1ccccc1)CC=C3. The van der Waals surface area contributed by atoms with Gasteiger partial charge in [0.15, 0.2) is 0 Å². The number of hydroxylamine groups is 2. The third kappa shape index (κ3) is 1.88. The van der Waals surface area contributed by atoms with E-state index in [1.165, 1.54) is 0 Å². The fourth-order valence-corrected chi connectivity index (χ4v) is 2.93. The van der Waals surface area contributed by atoms with E-state index in [2.05, 4.69) is 22.3 Å². The van der Waals surface area contributed by atoms with Crippen molar-refractivity contribution in [2.24, 2.45) is 0 Å². The minimum Gasteiger partial charge on any atom is -0.322 e. The summed E-state index contributed by atoms with van der Waals surface area (Å²) in [6, 6.07) is 10.1. The first-order valence-corrected chi connectivity index (χ1v) is 7.13. The Kier molecular flexibility index (Phi) is 2.90. The highest BCUT2D eigenvalue weighted by molar-refractivity contribution is 5.96. The molecule has 6 nitrogen and oxygen atoms in total. The number of nitrogens with one attached hydrogen (secondary N) is 1. The Hall–Kier alpha value is -2.73. The highest BCUT2D eigenvalue weighted by Gasteiger charge is 2.38. The molecule has 3 aliphatic heterocycles. The highest BCUT2D eigenvalue weighted by Crippen LogP contribution is 2.34. The fourth-order valence-electron chi connectivity index (χ4n) is 2.93. The Morgan fingerprint density at radius 2 is 2.00 bits per heavy atom. The van der Waals surface area contributed by atoms with Crippen molar-refractivity contribution in [2.45, 2.75) is 0 Å². The molecule has 0 spiro atoms. The Balaban J connectivity index is 1.79. The van der Waals surface area contributed by atoms with Crippen LogP contribution in [-0.4, -0.2) is 36.2 Å². The van der Waals surface area contributed by atoms with Crippen LogP contribution in [-0.2, 0) is 9.63 Å². The number of amides is 1. The van der Waals surface area contributed by atoms with E-state index in [1.54, 1.807) is 18.4 Å². The number of carbonyl (C=O) groups is 1. The molecule has 0 atom stereocenters. The van der Waals surface area contributed by atoms with Crippen LogP contribution in [0.4, 0.5) is 5.69 Å². The van der Waals surface area contributed by atoms with Crippen molar-refractivity contribution in [1.29, 1.82) is 0 Å². The van der Waals surface area contributed by atoms with Crippen LogP contribution in [0.1, 0.15) is 0 Å². The van der Waals surface area contributed by atoms with Gasteiger partial charge in [0, 0.05) is 12.2 Å². The van der Waals surface area contributed by atoms with Gasteiger partial charge < -0.3 is 10.2 Å². The van der Waals surface area contributed by atoms with Crippen molar-refractivity contribution in [2.75, 3.05) is 25.2 Å². The molecule has 1 amide bonds. The largest absolute Gasteiger partial charge is 0.322 e. The summed E-state index contributed by atoms with van der Waals surface area (Å²) in [6.45, 7) is 1.25. The predicted octanol–water partition coefficient (Wildman–Crippen LogP) is 1.34. The van der Waals surface area contributed by atoms with Crippen molar-refractivity contribution in [3.8, 4) is 0 Å². The first-order chi connectivity index (χ1) is 10.8. The number of hydrogen-bond acceptors (Lipinski definition) is 5. The van der Waals surface area contributed by atoms with Crippen LogP contribution < -0.4 is 10.2 Å². The number of hydrogen-bond donors (Lipinski definition) is 1. The third-order valence-electron chi connectivity index (χ3n) is 3.95. The normalized spacial score (nSPS) is 20.0. The molecule has 3 aliphatic rings. The first kappa shape index (κ1) is 13.0. The molecule has 0 unspecified atom stereocenters. The average molecular weight is 296 g/mol. The van der Waals surface area contributed by atoms with Crippen LogP contribution in [0.3, 0.4) is 0 Å². The summed E-state index contributed by atoms with van der Waals surface area (Å²) in [5.74, 6) is 0.858. The van der Waals surface area contributed by atoms with Gasteiger partial charge in [0.2, 0.25) is 0 Å². The van der Waals surface area contributed by atoms with Crippen LogP contribution >= 0.6 is 0 Å². The molecular weight excluding hydrogens is 280 g/mol. The van der Waals surface area contributed by atoms with Gasteiger partial charge in [0.1, 0.15) is 18.2 Å². The molecule has 0 aliphatic carbocycles. The van der Waals surface area contributed by atoms with Gasteiger partial charge >= 0.3 is 0 Å². The summed E-state index contributed by atoms with van der Waals surface area (Å²) in [5.41, 5.74) is 2.50. The molecule has 6 heteroatoms. The maximum absolute atomic E-state index is 12.2. The highest BCUT2D eigenvalue weighted by atomic mass is 16.7. The van der Waals surface area contributed by atoms with Gasteiger partial charge in [-0.25, -0.2) is 5.06 Å². The number of benzene rings is 1. The molecule has 0 fully saturated rings. The molecular formula is C16H16N4O2. The Morgan fingerprint density at radius 3 is 2.77 bits per heavy atom. The van der Waals surface area contributed by atoms with E-state index in [0.717, 1.165) is 23.8 Å². The van der Waals surface area contributed by atoms with Gasteiger partial charge in [-0.2, -0.15) is 0 Å². The van der Waals surface area contributed by atoms with E-state index in [9.17, 15) is 4.79 Å². The summed E-state index contributed by atoms with van der Waals surface area (Å²) in [7, 11) is 1.60. The van der Waals surface area contributed by atoms with Crippen molar-refractivity contribution >= 4 is 11.6 Å². The number of carbonyl (C=O) groups excluding carboxylic acids is 1. The molecule has 0 radical (unpaired) electrons. The molecule has 0 bridgehead atoms. The maximum Gasteiger partial charge on any atom is 0.274 e. The van der Waals surface area contributed by atoms with Gasteiger partial charge in [-0.05, 0) is 18.2 Å². The molecule has 1 aromatic rings. The van der Waals surface area contributed by atoms with E-state index >= 15 is 0 Å². The van der Waals surface area contributed by atoms with Gasteiger partial charge in [0.05, 0.1) is 19.0 Å². The van der Waals surface area contributed by atoms with Crippen LogP contribution in [0.15, 0.2) is 65.9 Å². The van der Waals surface area contributed by atoms with E-state index in [4.69, 9.17) is 4.84 Å². The monoisotopic (exact) mass is 296 g/mol. The summed E-state index contributed by atoms with van der Waals surface area (Å²) in [5, 5.41) is 4.60. The van der Waals surface area contributed by atoms with Gasteiger partial charge in [-0.1, -0.05) is 24.3 Å². The number of allylic oxidation sites excluding steroid dienone is 1. The predicted molar refractivity (Wildman–Crippen MR) is 81.7 cm³/mol. The zero-order chi connectivity index (χ0) is 15.1. The zero-order valence-electron chi connectivity index (χ0n) is 12.2. The van der Waals surface area contributed by atoms with Gasteiger partial charge in [0.25, 0.3) is 5.91 Å². The quantitative estimate of drug-likeness (QED) is 0.892. The first-order valence-electron chi connectivity index (χ1n) is 7.13. The average Bonchev–Trinajstić information content (AvgIpc) is 3.00. The van der Waals surface area contributed by atoms with Gasteiger partial charge in [-0.3, -0.25) is 14.5 Å². The minimum atomic E-state index is -0.113. The number of para-hydroxylation sites is 1. The molecule has 22 heavy (non-hydrogen) atoms. The molecule has 112 valence electrons. The van der Waals surface area contributed by atoms with E-state index in [-0.39, 0.29) is 5.91 Å². The van der Waals surface area contributed by atoms with Crippen molar-refractivity contribution in [1.82, 2.24) is 15.3 Å². The minimum absolute atomic E-state index is 0.113. The summed E-state index contributed by atoms with van der Waals surface area (Å²) >= 11 is 0. The number of fused-ring (bicyclic) bond motifs is 2. The molecule has 0 saturated heterocycles. The number of nitrogens with zero attached hydrogens (tertiary/aromatic N) is 3. The second-order valence-corrected chi connectivity index (χ2v) is 5.22. The number of rotatable bonds is 2. The molecule has 4 rings (SSSR count). The molecule has 3 heterocycles. The second-order valence-electron chi connectivity index (χ2n) is 5.22. The lowest BCUT2D eigenvalue weighted by molar-refractivity contribution is -0.119. The van der Waals surface area contributed by atoms with Crippen molar-refractivity contribution in [3.63, 3.8) is 0 Å².